The van der Waals surface area contributed by atoms with Crippen LogP contribution < -0.4 is 0 Å². The molecule has 0 spiro atoms. The number of esters is 1. The summed E-state index contributed by atoms with van der Waals surface area (Å²) in [4.78, 5) is 25.3. The van der Waals surface area contributed by atoms with Gasteiger partial charge in [0, 0.05) is 6.54 Å². The predicted octanol–water partition coefficient (Wildman–Crippen LogP) is 2.37. The van der Waals surface area contributed by atoms with Crippen LogP contribution in [0, 0.1) is 5.92 Å². The molecule has 1 saturated heterocycles. The van der Waals surface area contributed by atoms with Crippen LogP contribution >= 0.6 is 0 Å². The summed E-state index contributed by atoms with van der Waals surface area (Å²) in [6.45, 7) is 4.33. The second-order valence-corrected chi connectivity index (χ2v) is 4.96. The van der Waals surface area contributed by atoms with E-state index >= 15 is 0 Å². The van der Waals surface area contributed by atoms with E-state index in [-0.39, 0.29) is 12.5 Å². The summed E-state index contributed by atoms with van der Waals surface area (Å²) in [6.07, 6.45) is 1.77. The topological polar surface area (TPSA) is 55.8 Å². The van der Waals surface area contributed by atoms with Crippen molar-refractivity contribution in [2.24, 2.45) is 5.92 Å². The third-order valence-corrected chi connectivity index (χ3v) is 3.58. The Morgan fingerprint density at radius 2 is 2.10 bits per heavy atom. The zero-order valence-electron chi connectivity index (χ0n) is 12.0. The maximum absolute atomic E-state index is 12.2. The standard InChI is InChI=1S/C16H19NO4/c1-3-12-9-14(15(18)20-2)17(10-12)16(19)21-11-13-7-5-4-6-8-13/h3-8,12,14H,1,9-11H2,2H3/t12-,14+/m1/s1. The van der Waals surface area contributed by atoms with Crippen LogP contribution in [-0.4, -0.2) is 36.7 Å². The van der Waals surface area contributed by atoms with Crippen molar-refractivity contribution < 1.29 is 19.1 Å². The van der Waals surface area contributed by atoms with Gasteiger partial charge in [0.2, 0.25) is 0 Å². The van der Waals surface area contributed by atoms with Crippen molar-refractivity contribution in [1.82, 2.24) is 4.90 Å². The smallest absolute Gasteiger partial charge is 0.410 e. The van der Waals surface area contributed by atoms with E-state index in [0.29, 0.717) is 13.0 Å². The Morgan fingerprint density at radius 1 is 1.38 bits per heavy atom. The van der Waals surface area contributed by atoms with Gasteiger partial charge in [0.1, 0.15) is 12.6 Å². The lowest BCUT2D eigenvalue weighted by molar-refractivity contribution is -0.145. The zero-order valence-corrected chi connectivity index (χ0v) is 12.0. The number of hydrogen-bond donors (Lipinski definition) is 0. The van der Waals surface area contributed by atoms with E-state index in [4.69, 9.17) is 9.47 Å². The largest absolute Gasteiger partial charge is 0.467 e. The van der Waals surface area contributed by atoms with Gasteiger partial charge < -0.3 is 9.47 Å². The van der Waals surface area contributed by atoms with Crippen molar-refractivity contribution in [2.75, 3.05) is 13.7 Å². The molecule has 1 heterocycles. The minimum Gasteiger partial charge on any atom is -0.467 e. The predicted molar refractivity (Wildman–Crippen MR) is 77.4 cm³/mol. The van der Waals surface area contributed by atoms with Gasteiger partial charge in [-0.2, -0.15) is 0 Å². The van der Waals surface area contributed by atoms with Gasteiger partial charge in [-0.05, 0) is 17.9 Å². The molecule has 0 aromatic heterocycles. The molecule has 2 rings (SSSR count). The highest BCUT2D eigenvalue weighted by Gasteiger charge is 2.40. The number of amides is 1. The highest BCUT2D eigenvalue weighted by atomic mass is 16.6. The number of ether oxygens (including phenoxy) is 2. The molecule has 21 heavy (non-hydrogen) atoms. The van der Waals surface area contributed by atoms with Crippen LogP contribution in [0.25, 0.3) is 0 Å². The summed E-state index contributed by atoms with van der Waals surface area (Å²) >= 11 is 0. The lowest BCUT2D eigenvalue weighted by Crippen LogP contribution is -2.41. The molecule has 112 valence electrons. The molecule has 5 nitrogen and oxygen atoms in total. The zero-order chi connectivity index (χ0) is 15.2. The Balaban J connectivity index is 1.99. The third-order valence-electron chi connectivity index (χ3n) is 3.58. The van der Waals surface area contributed by atoms with E-state index in [0.717, 1.165) is 5.56 Å². The fourth-order valence-electron chi connectivity index (χ4n) is 2.40. The van der Waals surface area contributed by atoms with Gasteiger partial charge in [0.25, 0.3) is 0 Å². The molecular weight excluding hydrogens is 270 g/mol. The summed E-state index contributed by atoms with van der Waals surface area (Å²) in [5, 5.41) is 0. The highest BCUT2D eigenvalue weighted by molar-refractivity contribution is 5.82. The molecule has 0 saturated carbocycles. The molecule has 2 atom stereocenters. The summed E-state index contributed by atoms with van der Waals surface area (Å²) in [5.41, 5.74) is 0.903. The number of hydrogen-bond acceptors (Lipinski definition) is 4. The minimum absolute atomic E-state index is 0.0818. The summed E-state index contributed by atoms with van der Waals surface area (Å²) in [7, 11) is 1.32. The first kappa shape index (κ1) is 15.1. The Bertz CT molecular complexity index is 514. The summed E-state index contributed by atoms with van der Waals surface area (Å²) in [6, 6.07) is 8.81. The molecule has 1 aliphatic rings. The Morgan fingerprint density at radius 3 is 2.71 bits per heavy atom. The van der Waals surface area contributed by atoms with Gasteiger partial charge in [-0.3, -0.25) is 4.90 Å². The number of methoxy groups -OCH3 is 1. The van der Waals surface area contributed by atoms with Crippen molar-refractivity contribution in [1.29, 1.82) is 0 Å². The summed E-state index contributed by atoms with van der Waals surface area (Å²) in [5.74, 6) is -0.339. The molecule has 1 aliphatic heterocycles. The number of benzene rings is 1. The van der Waals surface area contributed by atoms with Crippen LogP contribution in [0.2, 0.25) is 0 Å². The lowest BCUT2D eigenvalue weighted by atomic mass is 10.1. The third kappa shape index (κ3) is 3.62. The monoisotopic (exact) mass is 289 g/mol. The number of carbonyl (C=O) groups is 2. The molecule has 0 unspecified atom stereocenters. The van der Waals surface area contributed by atoms with Gasteiger partial charge in [-0.15, -0.1) is 6.58 Å². The second kappa shape index (κ2) is 6.92. The quantitative estimate of drug-likeness (QED) is 0.631. The molecule has 1 fully saturated rings. The van der Waals surface area contributed by atoms with Gasteiger partial charge in [0.05, 0.1) is 7.11 Å². The SMILES string of the molecule is C=C[C@@H]1C[C@@H](C(=O)OC)N(C(=O)OCc2ccccc2)C1. The fraction of sp³-hybridized carbons (Fsp3) is 0.375. The van der Waals surface area contributed by atoms with Crippen molar-refractivity contribution in [3.05, 3.63) is 48.6 Å². The van der Waals surface area contributed by atoms with E-state index in [1.165, 1.54) is 12.0 Å². The molecule has 0 bridgehead atoms. The fourth-order valence-corrected chi connectivity index (χ4v) is 2.40. The Kier molecular flexibility index (Phi) is 4.98. The average Bonchev–Trinajstić information content (AvgIpc) is 2.97. The number of carbonyl (C=O) groups excluding carboxylic acids is 2. The molecule has 1 amide bonds. The minimum atomic E-state index is -0.596. The highest BCUT2D eigenvalue weighted by Crippen LogP contribution is 2.25. The molecule has 1 aromatic carbocycles. The molecule has 1 aromatic rings. The Labute approximate surface area is 124 Å². The van der Waals surface area contributed by atoms with E-state index in [2.05, 4.69) is 6.58 Å². The lowest BCUT2D eigenvalue weighted by Gasteiger charge is -2.21. The van der Waals surface area contributed by atoms with E-state index in [1.807, 2.05) is 30.3 Å². The van der Waals surface area contributed by atoms with E-state index < -0.39 is 18.1 Å². The van der Waals surface area contributed by atoms with Crippen LogP contribution in [0.15, 0.2) is 43.0 Å². The van der Waals surface area contributed by atoms with Crippen molar-refractivity contribution in [3.63, 3.8) is 0 Å². The molecular formula is C16H19NO4. The number of likely N-dealkylation sites (tertiary alicyclic amines) is 1. The van der Waals surface area contributed by atoms with E-state index in [1.54, 1.807) is 6.08 Å². The Hall–Kier alpha value is -2.30. The average molecular weight is 289 g/mol. The normalized spacial score (nSPS) is 20.9. The van der Waals surface area contributed by atoms with E-state index in [9.17, 15) is 9.59 Å². The van der Waals surface area contributed by atoms with Gasteiger partial charge in [0.15, 0.2) is 0 Å². The molecule has 0 aliphatic carbocycles. The van der Waals surface area contributed by atoms with Crippen LogP contribution in [0.1, 0.15) is 12.0 Å². The van der Waals surface area contributed by atoms with Crippen LogP contribution in [0.3, 0.4) is 0 Å². The first-order valence-corrected chi connectivity index (χ1v) is 6.83. The second-order valence-electron chi connectivity index (χ2n) is 4.96. The van der Waals surface area contributed by atoms with Crippen LogP contribution in [0.5, 0.6) is 0 Å². The molecule has 5 heteroatoms. The van der Waals surface area contributed by atoms with Gasteiger partial charge in [-0.1, -0.05) is 36.4 Å². The number of rotatable bonds is 4. The first-order chi connectivity index (χ1) is 10.2. The van der Waals surface area contributed by atoms with Crippen LogP contribution in [-0.2, 0) is 20.9 Å². The van der Waals surface area contributed by atoms with Gasteiger partial charge in [-0.25, -0.2) is 9.59 Å². The first-order valence-electron chi connectivity index (χ1n) is 6.83. The van der Waals surface area contributed by atoms with Crippen molar-refractivity contribution >= 4 is 12.1 Å². The van der Waals surface area contributed by atoms with Crippen molar-refractivity contribution in [2.45, 2.75) is 19.1 Å². The van der Waals surface area contributed by atoms with Gasteiger partial charge >= 0.3 is 12.1 Å². The maximum Gasteiger partial charge on any atom is 0.410 e. The molecule has 0 N–H and O–H groups in total. The van der Waals surface area contributed by atoms with Crippen LogP contribution in [0.4, 0.5) is 4.79 Å². The molecule has 0 radical (unpaired) electrons. The summed E-state index contributed by atoms with van der Waals surface area (Å²) < 4.78 is 10.0. The number of nitrogens with zero attached hydrogens (tertiary/aromatic N) is 1. The van der Waals surface area contributed by atoms with Crippen molar-refractivity contribution in [3.8, 4) is 0 Å². The maximum atomic E-state index is 12.2.